The van der Waals surface area contributed by atoms with Crippen molar-refractivity contribution in [2.45, 2.75) is 36.6 Å². The fourth-order valence-corrected chi connectivity index (χ4v) is 3.19. The highest BCUT2D eigenvalue weighted by molar-refractivity contribution is 7.99. The molecule has 2 N–H and O–H groups in total. The second-order valence-corrected chi connectivity index (χ2v) is 6.28. The Labute approximate surface area is 121 Å². The van der Waals surface area contributed by atoms with Gasteiger partial charge in [0.05, 0.1) is 5.60 Å². The Kier molecular flexibility index (Phi) is 3.43. The lowest BCUT2D eigenvalue weighted by Gasteiger charge is -2.23. The number of nitrogens with one attached hydrogen (secondary N) is 1. The number of nitrogens with zero attached hydrogens (tertiary/aromatic N) is 2. The summed E-state index contributed by atoms with van der Waals surface area (Å²) in [4.78, 5) is 11.7. The molecule has 1 aliphatic carbocycles. The van der Waals surface area contributed by atoms with Crippen LogP contribution < -0.4 is 5.69 Å². The molecule has 1 unspecified atom stereocenters. The topological polar surface area (TPSA) is 70.9 Å². The molecule has 1 aromatic heterocycles. The Morgan fingerprint density at radius 3 is 2.80 bits per heavy atom. The lowest BCUT2D eigenvalue weighted by atomic mass is 9.99. The first-order valence-electron chi connectivity index (χ1n) is 6.65. The third-order valence-electron chi connectivity index (χ3n) is 3.46. The van der Waals surface area contributed by atoms with Crippen molar-refractivity contribution < 1.29 is 5.11 Å². The largest absolute Gasteiger partial charge is 0.385 e. The first kappa shape index (κ1) is 13.5. The molecule has 0 amide bonds. The maximum absolute atomic E-state index is 11.7. The molecule has 0 radical (unpaired) electrons. The molecule has 0 bridgehead atoms. The molecule has 1 aromatic carbocycles. The predicted octanol–water partition coefficient (Wildman–Crippen LogP) is 1.91. The maximum atomic E-state index is 11.7. The van der Waals surface area contributed by atoms with Crippen molar-refractivity contribution in [3.8, 4) is 0 Å². The highest BCUT2D eigenvalue weighted by atomic mass is 32.2. The summed E-state index contributed by atoms with van der Waals surface area (Å²) >= 11 is 1.41. The van der Waals surface area contributed by atoms with E-state index < -0.39 is 5.60 Å². The average molecular weight is 291 g/mol. The third-order valence-corrected chi connectivity index (χ3v) is 4.71. The molecule has 6 heteroatoms. The van der Waals surface area contributed by atoms with Crippen LogP contribution in [0.15, 0.2) is 40.3 Å². The van der Waals surface area contributed by atoms with Gasteiger partial charge in [-0.1, -0.05) is 42.1 Å². The number of aromatic amines is 1. The van der Waals surface area contributed by atoms with Crippen LogP contribution in [0.4, 0.5) is 0 Å². The number of aromatic nitrogens is 3. The number of H-pyrrole nitrogens is 1. The normalized spacial score (nSPS) is 17.9. The number of hydrogen-bond acceptors (Lipinski definition) is 4. The molecule has 1 aliphatic rings. The summed E-state index contributed by atoms with van der Waals surface area (Å²) in [5.74, 6) is 0.452. The summed E-state index contributed by atoms with van der Waals surface area (Å²) in [6.45, 7) is 1.78. The van der Waals surface area contributed by atoms with E-state index in [9.17, 15) is 9.90 Å². The number of benzene rings is 1. The zero-order valence-electron chi connectivity index (χ0n) is 11.2. The second-order valence-electron chi connectivity index (χ2n) is 5.34. The minimum absolute atomic E-state index is 0.158. The van der Waals surface area contributed by atoms with Crippen LogP contribution in [0.2, 0.25) is 0 Å². The minimum Gasteiger partial charge on any atom is -0.385 e. The van der Waals surface area contributed by atoms with Crippen molar-refractivity contribution in [2.75, 3.05) is 5.75 Å². The first-order chi connectivity index (χ1) is 9.58. The van der Waals surface area contributed by atoms with Crippen molar-refractivity contribution in [3.63, 3.8) is 0 Å². The Hall–Kier alpha value is -1.53. The van der Waals surface area contributed by atoms with Crippen molar-refractivity contribution in [1.82, 2.24) is 14.8 Å². The van der Waals surface area contributed by atoms with Gasteiger partial charge in [0.25, 0.3) is 0 Å². The molecule has 1 fully saturated rings. The van der Waals surface area contributed by atoms with E-state index in [4.69, 9.17) is 0 Å². The van der Waals surface area contributed by atoms with E-state index in [0.29, 0.717) is 10.9 Å². The SMILES string of the molecule is CC(O)(CSc1n[nH]c(=O)n1C1CC1)c1ccccc1. The first-order valence-corrected chi connectivity index (χ1v) is 7.64. The van der Waals surface area contributed by atoms with Gasteiger partial charge in [0.2, 0.25) is 0 Å². The summed E-state index contributed by atoms with van der Waals surface area (Å²) in [6, 6.07) is 9.82. The van der Waals surface area contributed by atoms with Gasteiger partial charge in [0.1, 0.15) is 0 Å². The Morgan fingerprint density at radius 1 is 1.45 bits per heavy atom. The number of aliphatic hydroxyl groups is 1. The molecule has 5 nitrogen and oxygen atoms in total. The summed E-state index contributed by atoms with van der Waals surface area (Å²) in [6.07, 6.45) is 2.06. The van der Waals surface area contributed by atoms with Crippen LogP contribution in [0.25, 0.3) is 0 Å². The molecule has 3 rings (SSSR count). The van der Waals surface area contributed by atoms with Crippen molar-refractivity contribution in [2.24, 2.45) is 0 Å². The number of hydrogen-bond donors (Lipinski definition) is 2. The Bertz CT molecular complexity index is 644. The fourth-order valence-electron chi connectivity index (χ4n) is 2.13. The van der Waals surface area contributed by atoms with Crippen LogP contribution >= 0.6 is 11.8 Å². The molecule has 1 atom stereocenters. The molecule has 0 spiro atoms. The van der Waals surface area contributed by atoms with Gasteiger partial charge in [-0.15, -0.1) is 5.10 Å². The maximum Gasteiger partial charge on any atom is 0.344 e. The predicted molar refractivity (Wildman–Crippen MR) is 77.9 cm³/mol. The molecule has 0 aliphatic heterocycles. The van der Waals surface area contributed by atoms with E-state index >= 15 is 0 Å². The molecule has 0 saturated heterocycles. The molecule has 20 heavy (non-hydrogen) atoms. The lowest BCUT2D eigenvalue weighted by Crippen LogP contribution is -2.24. The Balaban J connectivity index is 1.75. The zero-order chi connectivity index (χ0) is 14.2. The van der Waals surface area contributed by atoms with Crippen LogP contribution in [-0.2, 0) is 5.60 Å². The summed E-state index contributed by atoms with van der Waals surface area (Å²) in [5, 5.41) is 17.8. The molecule has 2 aromatic rings. The van der Waals surface area contributed by atoms with Gasteiger partial charge in [-0.05, 0) is 25.3 Å². The van der Waals surface area contributed by atoms with Crippen molar-refractivity contribution in [3.05, 3.63) is 46.4 Å². The van der Waals surface area contributed by atoms with E-state index in [1.807, 2.05) is 30.3 Å². The van der Waals surface area contributed by atoms with E-state index in [1.165, 1.54) is 11.8 Å². The van der Waals surface area contributed by atoms with Crippen LogP contribution in [-0.4, -0.2) is 25.6 Å². The average Bonchev–Trinajstić information content (AvgIpc) is 3.21. The highest BCUT2D eigenvalue weighted by Crippen LogP contribution is 2.37. The van der Waals surface area contributed by atoms with Crippen LogP contribution in [0.5, 0.6) is 0 Å². The molecule has 1 saturated carbocycles. The molecule has 1 heterocycles. The zero-order valence-corrected chi connectivity index (χ0v) is 12.1. The second kappa shape index (κ2) is 5.10. The van der Waals surface area contributed by atoms with Gasteiger partial charge >= 0.3 is 5.69 Å². The van der Waals surface area contributed by atoms with Gasteiger partial charge in [-0.25, -0.2) is 9.89 Å². The van der Waals surface area contributed by atoms with Gasteiger partial charge in [-0.3, -0.25) is 4.57 Å². The van der Waals surface area contributed by atoms with E-state index in [-0.39, 0.29) is 11.7 Å². The fraction of sp³-hybridized carbons (Fsp3) is 0.429. The van der Waals surface area contributed by atoms with Crippen LogP contribution in [0.1, 0.15) is 31.4 Å². The van der Waals surface area contributed by atoms with Crippen LogP contribution in [0.3, 0.4) is 0 Å². The highest BCUT2D eigenvalue weighted by Gasteiger charge is 2.30. The van der Waals surface area contributed by atoms with Gasteiger partial charge < -0.3 is 5.11 Å². The summed E-state index contributed by atoms with van der Waals surface area (Å²) < 4.78 is 1.70. The van der Waals surface area contributed by atoms with Gasteiger partial charge in [0.15, 0.2) is 5.16 Å². The Morgan fingerprint density at radius 2 is 2.15 bits per heavy atom. The van der Waals surface area contributed by atoms with E-state index in [2.05, 4.69) is 10.2 Å². The molecule has 106 valence electrons. The molecular formula is C14H17N3O2S. The van der Waals surface area contributed by atoms with Crippen LogP contribution in [0, 0.1) is 0 Å². The summed E-state index contributed by atoms with van der Waals surface area (Å²) in [5.41, 5.74) is -0.243. The monoisotopic (exact) mass is 291 g/mol. The summed E-state index contributed by atoms with van der Waals surface area (Å²) in [7, 11) is 0. The standard InChI is InChI=1S/C14H17N3O2S/c1-14(19,10-5-3-2-4-6-10)9-20-13-16-15-12(18)17(13)11-7-8-11/h2-6,11,19H,7-9H2,1H3,(H,15,18). The van der Waals surface area contributed by atoms with E-state index in [0.717, 1.165) is 18.4 Å². The third kappa shape index (κ3) is 2.66. The quantitative estimate of drug-likeness (QED) is 0.826. The number of rotatable bonds is 5. The minimum atomic E-state index is -0.949. The van der Waals surface area contributed by atoms with Crippen molar-refractivity contribution >= 4 is 11.8 Å². The van der Waals surface area contributed by atoms with Gasteiger partial charge in [-0.2, -0.15) is 0 Å². The smallest absolute Gasteiger partial charge is 0.344 e. The van der Waals surface area contributed by atoms with Gasteiger partial charge in [0, 0.05) is 11.8 Å². The van der Waals surface area contributed by atoms with E-state index in [1.54, 1.807) is 11.5 Å². The van der Waals surface area contributed by atoms with Crippen molar-refractivity contribution in [1.29, 1.82) is 0 Å². The lowest BCUT2D eigenvalue weighted by molar-refractivity contribution is 0.0838. The number of thioether (sulfide) groups is 1. The molecular weight excluding hydrogens is 274 g/mol.